The molecule has 0 aliphatic rings. The van der Waals surface area contributed by atoms with Crippen LogP contribution in [0.3, 0.4) is 0 Å². The van der Waals surface area contributed by atoms with Crippen LogP contribution in [0.25, 0.3) is 11.6 Å². The van der Waals surface area contributed by atoms with E-state index >= 15 is 0 Å². The van der Waals surface area contributed by atoms with Gasteiger partial charge >= 0.3 is 0 Å². The molecule has 0 aliphatic heterocycles. The van der Waals surface area contributed by atoms with Crippen LogP contribution in [0.1, 0.15) is 5.56 Å². The van der Waals surface area contributed by atoms with Gasteiger partial charge in [0.15, 0.2) is 10.9 Å². The maximum atomic E-state index is 12.5. The first kappa shape index (κ1) is 21.8. The Morgan fingerprint density at radius 1 is 1.06 bits per heavy atom. The van der Waals surface area contributed by atoms with Gasteiger partial charge in [0.25, 0.3) is 0 Å². The summed E-state index contributed by atoms with van der Waals surface area (Å²) in [4.78, 5) is 12.4. The summed E-state index contributed by atoms with van der Waals surface area (Å²) >= 11 is 1.21. The van der Waals surface area contributed by atoms with E-state index in [1.165, 1.54) is 30.0 Å². The number of sulfonamides is 1. The zero-order chi connectivity index (χ0) is 22.6. The predicted molar refractivity (Wildman–Crippen MR) is 120 cm³/mol. The second-order valence-corrected chi connectivity index (χ2v) is 9.27. The highest BCUT2D eigenvalue weighted by Crippen LogP contribution is 2.26. The topological polar surface area (TPSA) is 133 Å². The molecule has 4 aromatic rings. The third-order valence-electron chi connectivity index (χ3n) is 4.42. The number of nitrogens with zero attached hydrogens (tertiary/aromatic N) is 3. The number of nitrogens with one attached hydrogen (secondary N) is 1. The van der Waals surface area contributed by atoms with Crippen molar-refractivity contribution in [2.24, 2.45) is 5.14 Å². The van der Waals surface area contributed by atoms with Crippen molar-refractivity contribution in [3.63, 3.8) is 0 Å². The molecule has 11 heteroatoms. The van der Waals surface area contributed by atoms with Gasteiger partial charge in [-0.1, -0.05) is 48.2 Å². The van der Waals surface area contributed by atoms with Crippen molar-refractivity contribution >= 4 is 33.4 Å². The summed E-state index contributed by atoms with van der Waals surface area (Å²) in [6, 6.07) is 19.2. The number of aromatic nitrogens is 3. The number of anilines is 1. The fourth-order valence-corrected chi connectivity index (χ4v) is 4.27. The number of benzene rings is 2. The van der Waals surface area contributed by atoms with Crippen LogP contribution >= 0.6 is 11.8 Å². The summed E-state index contributed by atoms with van der Waals surface area (Å²) in [5.74, 6) is 0.854. The fourth-order valence-electron chi connectivity index (χ4n) is 2.97. The van der Waals surface area contributed by atoms with Crippen molar-refractivity contribution in [2.75, 3.05) is 11.1 Å². The van der Waals surface area contributed by atoms with Crippen LogP contribution in [-0.2, 0) is 21.4 Å². The Morgan fingerprint density at radius 3 is 2.59 bits per heavy atom. The van der Waals surface area contributed by atoms with E-state index in [0.717, 1.165) is 5.56 Å². The summed E-state index contributed by atoms with van der Waals surface area (Å²) in [5.41, 5.74) is 1.38. The van der Waals surface area contributed by atoms with Gasteiger partial charge in [-0.05, 0) is 35.9 Å². The summed E-state index contributed by atoms with van der Waals surface area (Å²) < 4.78 is 30.4. The first-order chi connectivity index (χ1) is 15.4. The molecular weight excluding hydrogens is 450 g/mol. The molecule has 0 saturated carbocycles. The van der Waals surface area contributed by atoms with Gasteiger partial charge in [-0.15, -0.1) is 10.2 Å². The lowest BCUT2D eigenvalue weighted by molar-refractivity contribution is -0.113. The zero-order valence-electron chi connectivity index (χ0n) is 16.7. The number of furan rings is 1. The highest BCUT2D eigenvalue weighted by atomic mass is 32.2. The Kier molecular flexibility index (Phi) is 6.40. The lowest BCUT2D eigenvalue weighted by atomic mass is 10.2. The highest BCUT2D eigenvalue weighted by molar-refractivity contribution is 7.99. The van der Waals surface area contributed by atoms with Crippen molar-refractivity contribution in [3.8, 4) is 11.6 Å². The molecule has 0 radical (unpaired) electrons. The predicted octanol–water partition coefficient (Wildman–Crippen LogP) is 2.96. The molecule has 0 unspecified atom stereocenters. The SMILES string of the molecule is NS(=O)(=O)c1cccc(NC(=O)CSc2nnc(-c3ccco3)n2Cc2ccccc2)c1. The minimum absolute atomic E-state index is 0.0463. The van der Waals surface area contributed by atoms with E-state index in [0.29, 0.717) is 29.0 Å². The molecule has 2 heterocycles. The maximum Gasteiger partial charge on any atom is 0.238 e. The quantitative estimate of drug-likeness (QED) is 0.379. The normalized spacial score (nSPS) is 11.4. The molecule has 0 spiro atoms. The molecule has 0 bridgehead atoms. The van der Waals surface area contributed by atoms with E-state index in [-0.39, 0.29) is 16.6 Å². The molecule has 2 aromatic carbocycles. The van der Waals surface area contributed by atoms with E-state index in [1.54, 1.807) is 24.5 Å². The second kappa shape index (κ2) is 9.39. The number of carbonyl (C=O) groups excluding carboxylic acids is 1. The molecule has 1 amide bonds. The van der Waals surface area contributed by atoms with E-state index in [2.05, 4.69) is 15.5 Å². The Labute approximate surface area is 188 Å². The Hall–Kier alpha value is -3.41. The first-order valence-corrected chi connectivity index (χ1v) is 12.0. The van der Waals surface area contributed by atoms with Gasteiger partial charge in [0.05, 0.1) is 23.5 Å². The van der Waals surface area contributed by atoms with Gasteiger partial charge in [0, 0.05) is 5.69 Å². The largest absolute Gasteiger partial charge is 0.461 e. The number of thioether (sulfide) groups is 1. The Bertz CT molecular complexity index is 1320. The lowest BCUT2D eigenvalue weighted by Crippen LogP contribution is -2.16. The smallest absolute Gasteiger partial charge is 0.238 e. The summed E-state index contributed by atoms with van der Waals surface area (Å²) in [7, 11) is -3.86. The lowest BCUT2D eigenvalue weighted by Gasteiger charge is -2.10. The standard InChI is InChI=1S/C21H19N5O4S2/c22-32(28,29)17-9-4-8-16(12-17)23-19(27)14-31-21-25-24-20(18-10-5-11-30-18)26(21)13-15-6-2-1-3-7-15/h1-12H,13-14H2,(H,23,27)(H2,22,28,29). The van der Waals surface area contributed by atoms with E-state index in [4.69, 9.17) is 9.56 Å². The third kappa shape index (κ3) is 5.25. The van der Waals surface area contributed by atoms with Crippen LogP contribution in [0.5, 0.6) is 0 Å². The summed E-state index contributed by atoms with van der Waals surface area (Å²) in [6.07, 6.45) is 1.56. The number of nitrogens with two attached hydrogens (primary N) is 1. The van der Waals surface area contributed by atoms with Crippen LogP contribution in [0.2, 0.25) is 0 Å². The van der Waals surface area contributed by atoms with Gasteiger partial charge in [0.1, 0.15) is 0 Å². The van der Waals surface area contributed by atoms with Gasteiger partial charge in [-0.3, -0.25) is 9.36 Å². The molecule has 0 fully saturated rings. The molecule has 32 heavy (non-hydrogen) atoms. The highest BCUT2D eigenvalue weighted by Gasteiger charge is 2.18. The van der Waals surface area contributed by atoms with Crippen molar-refractivity contribution in [1.29, 1.82) is 0 Å². The molecule has 0 saturated heterocycles. The number of primary sulfonamides is 1. The monoisotopic (exact) mass is 469 g/mol. The van der Waals surface area contributed by atoms with E-state index in [1.807, 2.05) is 34.9 Å². The van der Waals surface area contributed by atoms with Gasteiger partial charge in [-0.2, -0.15) is 0 Å². The van der Waals surface area contributed by atoms with Gasteiger partial charge < -0.3 is 9.73 Å². The average Bonchev–Trinajstić information content (AvgIpc) is 3.43. The number of rotatable bonds is 8. The third-order valence-corrected chi connectivity index (χ3v) is 6.30. The summed E-state index contributed by atoms with van der Waals surface area (Å²) in [5, 5.41) is 16.8. The molecular formula is C21H19N5O4S2. The fraction of sp³-hybridized carbons (Fsp3) is 0.0952. The van der Waals surface area contributed by atoms with Crippen molar-refractivity contribution in [3.05, 3.63) is 78.6 Å². The van der Waals surface area contributed by atoms with Crippen molar-refractivity contribution in [1.82, 2.24) is 14.8 Å². The Balaban J connectivity index is 1.50. The number of hydrogen-bond acceptors (Lipinski definition) is 7. The number of carbonyl (C=O) groups is 1. The number of hydrogen-bond donors (Lipinski definition) is 2. The minimum Gasteiger partial charge on any atom is -0.461 e. The van der Waals surface area contributed by atoms with Crippen LogP contribution in [0, 0.1) is 0 Å². The molecule has 3 N–H and O–H groups in total. The van der Waals surface area contributed by atoms with Crippen LogP contribution < -0.4 is 10.5 Å². The Morgan fingerprint density at radius 2 is 1.88 bits per heavy atom. The summed E-state index contributed by atoms with van der Waals surface area (Å²) in [6.45, 7) is 0.504. The second-order valence-electron chi connectivity index (χ2n) is 6.76. The van der Waals surface area contributed by atoms with Crippen LogP contribution in [0.15, 0.2) is 87.5 Å². The van der Waals surface area contributed by atoms with Crippen LogP contribution in [-0.4, -0.2) is 34.8 Å². The average molecular weight is 470 g/mol. The molecule has 4 rings (SSSR count). The number of amides is 1. The van der Waals surface area contributed by atoms with Crippen LogP contribution in [0.4, 0.5) is 5.69 Å². The zero-order valence-corrected chi connectivity index (χ0v) is 18.3. The van der Waals surface area contributed by atoms with Crippen molar-refractivity contribution < 1.29 is 17.6 Å². The van der Waals surface area contributed by atoms with E-state index < -0.39 is 10.0 Å². The van der Waals surface area contributed by atoms with E-state index in [9.17, 15) is 13.2 Å². The molecule has 164 valence electrons. The molecule has 2 aromatic heterocycles. The minimum atomic E-state index is -3.86. The molecule has 0 aliphatic carbocycles. The molecule has 9 nitrogen and oxygen atoms in total. The molecule has 0 atom stereocenters. The van der Waals surface area contributed by atoms with Gasteiger partial charge in [0.2, 0.25) is 21.8 Å². The van der Waals surface area contributed by atoms with Crippen molar-refractivity contribution in [2.45, 2.75) is 16.6 Å². The van der Waals surface area contributed by atoms with Gasteiger partial charge in [-0.25, -0.2) is 13.6 Å². The maximum absolute atomic E-state index is 12.5. The first-order valence-electron chi connectivity index (χ1n) is 9.47.